The molecule has 1 N–H and O–H groups in total. The van der Waals surface area contributed by atoms with Crippen LogP contribution in [0.2, 0.25) is 0 Å². The van der Waals surface area contributed by atoms with E-state index in [-0.39, 0.29) is 5.91 Å². The van der Waals surface area contributed by atoms with Gasteiger partial charge in [-0.05, 0) is 25.3 Å². The molecule has 0 spiro atoms. The highest BCUT2D eigenvalue weighted by Gasteiger charge is 2.29. The molecule has 1 fully saturated rings. The van der Waals surface area contributed by atoms with E-state index < -0.39 is 0 Å². The molecule has 0 aliphatic carbocycles. The third-order valence-electron chi connectivity index (χ3n) is 3.22. The Morgan fingerprint density at radius 2 is 2.44 bits per heavy atom. The van der Waals surface area contributed by atoms with Crippen LogP contribution in [-0.4, -0.2) is 35.9 Å². The second-order valence-electron chi connectivity index (χ2n) is 5.19. The largest absolute Gasteiger partial charge is 0.354 e. The maximum Gasteiger partial charge on any atom is 0.262 e. The average Bonchev–Trinajstić information content (AvgIpc) is 2.95. The van der Waals surface area contributed by atoms with Crippen molar-refractivity contribution < 1.29 is 4.79 Å². The van der Waals surface area contributed by atoms with E-state index in [1.807, 2.05) is 0 Å². The van der Waals surface area contributed by atoms with Gasteiger partial charge in [-0.3, -0.25) is 9.69 Å². The molecule has 0 bridgehead atoms. The van der Waals surface area contributed by atoms with Crippen LogP contribution in [0.3, 0.4) is 0 Å². The zero-order valence-corrected chi connectivity index (χ0v) is 12.1. The van der Waals surface area contributed by atoms with Crippen molar-refractivity contribution in [2.24, 2.45) is 5.92 Å². The normalized spacial score (nSPS) is 20.6. The van der Waals surface area contributed by atoms with Crippen LogP contribution in [0.4, 0.5) is 0 Å². The Morgan fingerprint density at radius 3 is 3.11 bits per heavy atom. The van der Waals surface area contributed by atoms with Gasteiger partial charge < -0.3 is 5.32 Å². The summed E-state index contributed by atoms with van der Waals surface area (Å²) in [6, 6.07) is 0.413. The Kier molecular flexibility index (Phi) is 4.35. The van der Waals surface area contributed by atoms with Gasteiger partial charge in [0.15, 0.2) is 0 Å². The molecule has 1 saturated heterocycles. The zero-order chi connectivity index (χ0) is 13.1. The molecule has 4 nitrogen and oxygen atoms in total. The molecule has 2 rings (SSSR count). The van der Waals surface area contributed by atoms with E-state index in [4.69, 9.17) is 0 Å². The first kappa shape index (κ1) is 13.5. The molecular weight excluding hydrogens is 246 g/mol. The van der Waals surface area contributed by atoms with Gasteiger partial charge in [0, 0.05) is 13.6 Å². The summed E-state index contributed by atoms with van der Waals surface area (Å²) in [7, 11) is 1.66. The number of carbonyl (C=O) groups excluding carboxylic acids is 1. The molecule has 1 aliphatic rings. The van der Waals surface area contributed by atoms with Crippen molar-refractivity contribution in [2.45, 2.75) is 32.7 Å². The van der Waals surface area contributed by atoms with Crippen molar-refractivity contribution >= 4 is 17.2 Å². The Bertz CT molecular complexity index is 416. The molecule has 1 aliphatic heterocycles. The molecular formula is C13H21N3OS. The van der Waals surface area contributed by atoms with E-state index in [2.05, 4.69) is 29.0 Å². The first-order valence-electron chi connectivity index (χ1n) is 6.53. The molecule has 0 saturated carbocycles. The summed E-state index contributed by atoms with van der Waals surface area (Å²) < 4.78 is 0. The number of hydrogen-bond donors (Lipinski definition) is 1. The molecule has 0 radical (unpaired) electrons. The first-order chi connectivity index (χ1) is 8.61. The molecule has 1 unspecified atom stereocenters. The summed E-state index contributed by atoms with van der Waals surface area (Å²) in [4.78, 5) is 19.2. The highest BCUT2D eigenvalue weighted by Crippen LogP contribution is 2.34. The quantitative estimate of drug-likeness (QED) is 0.910. The number of nitrogens with one attached hydrogen (secondary N) is 1. The maximum absolute atomic E-state index is 11.5. The van der Waals surface area contributed by atoms with Crippen LogP contribution in [0.5, 0.6) is 0 Å². The summed E-state index contributed by atoms with van der Waals surface area (Å²) in [6.07, 6.45) is 4.09. The standard InChI is InChI=1S/C13H21N3OS/c1-9(2)8-16-6-4-5-10(16)13-15-7-11(18-13)12(17)14-3/h7,9-10H,4-6,8H2,1-3H3,(H,14,17). The minimum absolute atomic E-state index is 0.0350. The van der Waals surface area contributed by atoms with Crippen LogP contribution < -0.4 is 5.32 Å². The minimum Gasteiger partial charge on any atom is -0.354 e. The summed E-state index contributed by atoms with van der Waals surface area (Å²) in [5.74, 6) is 0.635. The van der Waals surface area contributed by atoms with Crippen LogP contribution in [0.15, 0.2) is 6.20 Å². The Morgan fingerprint density at radius 1 is 1.67 bits per heavy atom. The van der Waals surface area contributed by atoms with E-state index in [1.165, 1.54) is 17.8 Å². The van der Waals surface area contributed by atoms with Gasteiger partial charge in [0.25, 0.3) is 5.91 Å². The molecule has 1 aromatic rings. The van der Waals surface area contributed by atoms with Gasteiger partial charge in [0.05, 0.1) is 12.2 Å². The van der Waals surface area contributed by atoms with E-state index in [0.29, 0.717) is 16.8 Å². The highest BCUT2D eigenvalue weighted by atomic mass is 32.1. The molecule has 2 heterocycles. The maximum atomic E-state index is 11.5. The smallest absolute Gasteiger partial charge is 0.262 e. The minimum atomic E-state index is -0.0350. The summed E-state index contributed by atoms with van der Waals surface area (Å²) in [5, 5.41) is 3.74. The third-order valence-corrected chi connectivity index (χ3v) is 4.32. The topological polar surface area (TPSA) is 45.2 Å². The van der Waals surface area contributed by atoms with E-state index in [9.17, 15) is 4.79 Å². The molecule has 1 amide bonds. The Balaban J connectivity index is 2.10. The fourth-order valence-electron chi connectivity index (χ4n) is 2.46. The second kappa shape index (κ2) is 5.80. The number of carbonyl (C=O) groups is 1. The van der Waals surface area contributed by atoms with E-state index in [1.54, 1.807) is 13.2 Å². The van der Waals surface area contributed by atoms with Gasteiger partial charge in [-0.25, -0.2) is 4.98 Å². The van der Waals surface area contributed by atoms with Gasteiger partial charge in [-0.15, -0.1) is 11.3 Å². The summed E-state index contributed by atoms with van der Waals surface area (Å²) in [5.41, 5.74) is 0. The molecule has 1 aromatic heterocycles. The first-order valence-corrected chi connectivity index (χ1v) is 7.35. The third kappa shape index (κ3) is 2.90. The zero-order valence-electron chi connectivity index (χ0n) is 11.3. The SMILES string of the molecule is CNC(=O)c1cnc(C2CCCN2CC(C)C)s1. The van der Waals surface area contributed by atoms with Gasteiger partial charge in [-0.2, -0.15) is 0 Å². The lowest BCUT2D eigenvalue weighted by Crippen LogP contribution is -2.27. The fraction of sp³-hybridized carbons (Fsp3) is 0.692. The van der Waals surface area contributed by atoms with Gasteiger partial charge in [-0.1, -0.05) is 13.8 Å². The highest BCUT2D eigenvalue weighted by molar-refractivity contribution is 7.13. The predicted molar refractivity (Wildman–Crippen MR) is 73.9 cm³/mol. The number of rotatable bonds is 4. The summed E-state index contributed by atoms with van der Waals surface area (Å²) in [6.45, 7) is 6.75. The van der Waals surface area contributed by atoms with Crippen LogP contribution in [-0.2, 0) is 0 Å². The monoisotopic (exact) mass is 267 g/mol. The second-order valence-corrected chi connectivity index (χ2v) is 6.25. The lowest BCUT2D eigenvalue weighted by atomic mass is 10.2. The van der Waals surface area contributed by atoms with Crippen molar-refractivity contribution in [1.29, 1.82) is 0 Å². The number of hydrogen-bond acceptors (Lipinski definition) is 4. The van der Waals surface area contributed by atoms with Gasteiger partial charge in [0.2, 0.25) is 0 Å². The number of amides is 1. The van der Waals surface area contributed by atoms with Gasteiger partial charge >= 0.3 is 0 Å². The van der Waals surface area contributed by atoms with Crippen LogP contribution in [0, 0.1) is 5.92 Å². The molecule has 100 valence electrons. The number of aromatic nitrogens is 1. The van der Waals surface area contributed by atoms with Crippen molar-refractivity contribution in [3.63, 3.8) is 0 Å². The van der Waals surface area contributed by atoms with Crippen molar-refractivity contribution in [3.8, 4) is 0 Å². The lowest BCUT2D eigenvalue weighted by Gasteiger charge is -2.24. The molecule has 18 heavy (non-hydrogen) atoms. The number of nitrogens with zero attached hydrogens (tertiary/aromatic N) is 2. The Labute approximate surface area is 112 Å². The number of thiazole rings is 1. The Hall–Kier alpha value is -0.940. The van der Waals surface area contributed by atoms with Crippen LogP contribution in [0.25, 0.3) is 0 Å². The van der Waals surface area contributed by atoms with Crippen molar-refractivity contribution in [2.75, 3.05) is 20.1 Å². The molecule has 1 atom stereocenters. The van der Waals surface area contributed by atoms with E-state index >= 15 is 0 Å². The predicted octanol–water partition coefficient (Wildman–Crippen LogP) is 2.30. The van der Waals surface area contributed by atoms with Gasteiger partial charge in [0.1, 0.15) is 9.88 Å². The fourth-order valence-corrected chi connectivity index (χ4v) is 3.50. The molecule has 5 heteroatoms. The lowest BCUT2D eigenvalue weighted by molar-refractivity contribution is 0.0967. The summed E-state index contributed by atoms with van der Waals surface area (Å²) >= 11 is 1.53. The van der Waals surface area contributed by atoms with Crippen LogP contribution >= 0.6 is 11.3 Å². The van der Waals surface area contributed by atoms with Crippen molar-refractivity contribution in [1.82, 2.24) is 15.2 Å². The van der Waals surface area contributed by atoms with Crippen molar-refractivity contribution in [3.05, 3.63) is 16.1 Å². The molecule has 0 aromatic carbocycles. The number of likely N-dealkylation sites (tertiary alicyclic amines) is 1. The average molecular weight is 267 g/mol. The van der Waals surface area contributed by atoms with Crippen LogP contribution in [0.1, 0.15) is 47.4 Å². The van der Waals surface area contributed by atoms with E-state index in [0.717, 1.165) is 24.5 Å².